The number of nitrogens with one attached hydrogen (secondary N) is 2. The van der Waals surface area contributed by atoms with Gasteiger partial charge < -0.3 is 15.2 Å². The van der Waals surface area contributed by atoms with Gasteiger partial charge in [0.1, 0.15) is 0 Å². The zero-order valence-corrected chi connectivity index (χ0v) is 9.31. The van der Waals surface area contributed by atoms with Crippen molar-refractivity contribution < 1.29 is 4.52 Å². The van der Waals surface area contributed by atoms with Crippen LogP contribution in [0, 0.1) is 6.92 Å². The third kappa shape index (κ3) is 3.69. The minimum absolute atomic E-state index is 0.319. The van der Waals surface area contributed by atoms with Gasteiger partial charge in [0, 0.05) is 6.04 Å². The molecule has 0 spiro atoms. The second kappa shape index (κ2) is 4.90. The lowest BCUT2D eigenvalue weighted by Crippen LogP contribution is -2.38. The first-order valence-electron chi connectivity index (χ1n) is 4.41. The number of hydrogen-bond acceptors (Lipinski definition) is 4. The molecule has 0 bridgehead atoms. The maximum atomic E-state index is 5.02. The highest BCUT2D eigenvalue weighted by Crippen LogP contribution is 1.94. The van der Waals surface area contributed by atoms with E-state index in [1.165, 1.54) is 0 Å². The van der Waals surface area contributed by atoms with E-state index in [2.05, 4.69) is 20.8 Å². The fraction of sp³-hybridized carbons (Fsp3) is 0.625. The van der Waals surface area contributed by atoms with Crippen LogP contribution in [0.2, 0.25) is 0 Å². The average molecular weight is 214 g/mol. The highest BCUT2D eigenvalue weighted by molar-refractivity contribution is 7.80. The predicted octanol–water partition coefficient (Wildman–Crippen LogP) is 0.751. The Bertz CT molecular complexity index is 310. The van der Waals surface area contributed by atoms with Gasteiger partial charge in [0.2, 0.25) is 5.89 Å². The number of rotatable bonds is 3. The largest absolute Gasteiger partial charge is 0.361 e. The van der Waals surface area contributed by atoms with Crippen LogP contribution in [-0.4, -0.2) is 21.3 Å². The third-order valence-corrected chi connectivity index (χ3v) is 1.65. The summed E-state index contributed by atoms with van der Waals surface area (Å²) in [5.74, 6) is 1.17. The standard InChI is InChI=1S/C8H14N4OS/c1-5(2)10-8(14)9-4-7-11-6(3)12-13-7/h5H,4H2,1-3H3,(H2,9,10,14). The van der Waals surface area contributed by atoms with Crippen molar-refractivity contribution in [3.63, 3.8) is 0 Å². The molecule has 5 nitrogen and oxygen atoms in total. The fourth-order valence-electron chi connectivity index (χ4n) is 0.881. The van der Waals surface area contributed by atoms with Crippen molar-refractivity contribution >= 4 is 17.3 Å². The molecule has 0 aliphatic carbocycles. The molecular formula is C8H14N4OS. The van der Waals surface area contributed by atoms with E-state index in [1.807, 2.05) is 13.8 Å². The third-order valence-electron chi connectivity index (χ3n) is 1.39. The number of thiocarbonyl (C=S) groups is 1. The summed E-state index contributed by atoms with van der Waals surface area (Å²) in [5.41, 5.74) is 0. The Labute approximate surface area is 88.3 Å². The van der Waals surface area contributed by atoms with Gasteiger partial charge in [-0.3, -0.25) is 0 Å². The molecular weight excluding hydrogens is 200 g/mol. The topological polar surface area (TPSA) is 63.0 Å². The van der Waals surface area contributed by atoms with Crippen LogP contribution in [0.15, 0.2) is 4.52 Å². The molecule has 1 aromatic rings. The lowest BCUT2D eigenvalue weighted by Gasteiger charge is -2.11. The predicted molar refractivity (Wildman–Crippen MR) is 56.7 cm³/mol. The van der Waals surface area contributed by atoms with E-state index >= 15 is 0 Å². The molecule has 0 saturated heterocycles. The maximum Gasteiger partial charge on any atom is 0.246 e. The van der Waals surface area contributed by atoms with Crippen molar-refractivity contribution in [2.24, 2.45) is 0 Å². The monoisotopic (exact) mass is 214 g/mol. The SMILES string of the molecule is Cc1noc(CNC(=S)NC(C)C)n1. The van der Waals surface area contributed by atoms with Crippen LogP contribution in [0.5, 0.6) is 0 Å². The Balaban J connectivity index is 2.30. The van der Waals surface area contributed by atoms with E-state index in [1.54, 1.807) is 6.92 Å². The Morgan fingerprint density at radius 1 is 1.57 bits per heavy atom. The molecule has 0 radical (unpaired) electrons. The van der Waals surface area contributed by atoms with Gasteiger partial charge in [-0.1, -0.05) is 5.16 Å². The lowest BCUT2D eigenvalue weighted by molar-refractivity contribution is 0.371. The van der Waals surface area contributed by atoms with E-state index in [0.717, 1.165) is 0 Å². The minimum Gasteiger partial charge on any atom is -0.361 e. The van der Waals surface area contributed by atoms with E-state index in [-0.39, 0.29) is 0 Å². The lowest BCUT2D eigenvalue weighted by atomic mass is 10.4. The second-order valence-electron chi connectivity index (χ2n) is 3.22. The summed E-state index contributed by atoms with van der Waals surface area (Å²) in [6, 6.07) is 0.319. The van der Waals surface area contributed by atoms with Gasteiger partial charge >= 0.3 is 0 Å². The van der Waals surface area contributed by atoms with Gasteiger partial charge in [-0.05, 0) is 33.0 Å². The summed E-state index contributed by atoms with van der Waals surface area (Å²) in [6.07, 6.45) is 0. The summed E-state index contributed by atoms with van der Waals surface area (Å²) in [5, 5.41) is 10.3. The van der Waals surface area contributed by atoms with Gasteiger partial charge in [-0.15, -0.1) is 0 Å². The molecule has 1 rings (SSSR count). The van der Waals surface area contributed by atoms with E-state index in [0.29, 0.717) is 29.4 Å². The van der Waals surface area contributed by atoms with Gasteiger partial charge in [0.25, 0.3) is 0 Å². The van der Waals surface area contributed by atoms with Crippen molar-refractivity contribution in [2.75, 3.05) is 0 Å². The maximum absolute atomic E-state index is 5.02. The molecule has 14 heavy (non-hydrogen) atoms. The van der Waals surface area contributed by atoms with Crippen LogP contribution in [-0.2, 0) is 6.54 Å². The van der Waals surface area contributed by atoms with Crippen LogP contribution in [0.3, 0.4) is 0 Å². The molecule has 78 valence electrons. The highest BCUT2D eigenvalue weighted by Gasteiger charge is 2.03. The van der Waals surface area contributed by atoms with Gasteiger partial charge in [0.05, 0.1) is 6.54 Å². The average Bonchev–Trinajstić information content (AvgIpc) is 2.47. The Morgan fingerprint density at radius 3 is 2.79 bits per heavy atom. The zero-order valence-electron chi connectivity index (χ0n) is 8.50. The highest BCUT2D eigenvalue weighted by atomic mass is 32.1. The Kier molecular flexibility index (Phi) is 3.82. The summed E-state index contributed by atoms with van der Waals surface area (Å²) in [7, 11) is 0. The normalized spacial score (nSPS) is 10.3. The molecule has 0 unspecified atom stereocenters. The van der Waals surface area contributed by atoms with Gasteiger partial charge in [-0.25, -0.2) is 0 Å². The molecule has 0 fully saturated rings. The molecule has 1 heterocycles. The van der Waals surface area contributed by atoms with Crippen molar-refractivity contribution in [1.29, 1.82) is 0 Å². The van der Waals surface area contributed by atoms with E-state index < -0.39 is 0 Å². The first kappa shape index (κ1) is 10.9. The quantitative estimate of drug-likeness (QED) is 0.724. The van der Waals surface area contributed by atoms with Crippen molar-refractivity contribution in [1.82, 2.24) is 20.8 Å². The number of nitrogens with zero attached hydrogens (tertiary/aromatic N) is 2. The van der Waals surface area contributed by atoms with Gasteiger partial charge in [0.15, 0.2) is 10.9 Å². The van der Waals surface area contributed by atoms with Crippen LogP contribution >= 0.6 is 12.2 Å². The molecule has 2 N–H and O–H groups in total. The van der Waals surface area contributed by atoms with Crippen LogP contribution in [0.1, 0.15) is 25.6 Å². The first-order valence-corrected chi connectivity index (χ1v) is 4.82. The Morgan fingerprint density at radius 2 is 2.29 bits per heavy atom. The minimum atomic E-state index is 0.319. The molecule has 1 aromatic heterocycles. The first-order chi connectivity index (χ1) is 6.58. The molecule has 0 amide bonds. The van der Waals surface area contributed by atoms with E-state index in [9.17, 15) is 0 Å². The van der Waals surface area contributed by atoms with Crippen molar-refractivity contribution in [2.45, 2.75) is 33.4 Å². The van der Waals surface area contributed by atoms with Crippen molar-refractivity contribution in [3.8, 4) is 0 Å². The molecule has 0 saturated carbocycles. The molecule has 0 atom stereocenters. The van der Waals surface area contributed by atoms with E-state index in [4.69, 9.17) is 16.7 Å². The van der Waals surface area contributed by atoms with Crippen LogP contribution in [0.4, 0.5) is 0 Å². The summed E-state index contributed by atoms with van der Waals surface area (Å²) < 4.78 is 4.91. The molecule has 0 aromatic carbocycles. The summed E-state index contributed by atoms with van der Waals surface area (Å²) in [6.45, 7) is 6.27. The molecule has 0 aliphatic rings. The molecule has 0 aliphatic heterocycles. The Hall–Kier alpha value is -1.17. The second-order valence-corrected chi connectivity index (χ2v) is 3.63. The number of hydrogen-bond donors (Lipinski definition) is 2. The zero-order chi connectivity index (χ0) is 10.6. The van der Waals surface area contributed by atoms with Crippen LogP contribution in [0.25, 0.3) is 0 Å². The smallest absolute Gasteiger partial charge is 0.246 e. The van der Waals surface area contributed by atoms with Crippen molar-refractivity contribution in [3.05, 3.63) is 11.7 Å². The summed E-state index contributed by atoms with van der Waals surface area (Å²) in [4.78, 5) is 4.03. The fourth-order valence-corrected chi connectivity index (χ4v) is 1.19. The van der Waals surface area contributed by atoms with Crippen LogP contribution < -0.4 is 10.6 Å². The van der Waals surface area contributed by atoms with Gasteiger partial charge in [-0.2, -0.15) is 4.98 Å². The summed E-state index contributed by atoms with van der Waals surface area (Å²) >= 11 is 5.02. The number of aryl methyl sites for hydroxylation is 1. The number of aromatic nitrogens is 2. The molecule has 6 heteroatoms.